The van der Waals surface area contributed by atoms with Crippen LogP contribution in [-0.2, 0) is 17.6 Å². The van der Waals surface area contributed by atoms with Crippen LogP contribution in [0.3, 0.4) is 0 Å². The maximum Gasteiger partial charge on any atom is 0.341 e. The van der Waals surface area contributed by atoms with Crippen molar-refractivity contribution in [2.24, 2.45) is 0 Å². The van der Waals surface area contributed by atoms with Crippen LogP contribution in [0.4, 0.5) is 10.7 Å². The van der Waals surface area contributed by atoms with Crippen LogP contribution in [0.2, 0.25) is 0 Å². The summed E-state index contributed by atoms with van der Waals surface area (Å²) in [6.45, 7) is 1.97. The maximum atomic E-state index is 12.7. The summed E-state index contributed by atoms with van der Waals surface area (Å²) < 4.78 is 10.1. The van der Waals surface area contributed by atoms with E-state index in [-0.39, 0.29) is 23.6 Å². The summed E-state index contributed by atoms with van der Waals surface area (Å²) in [4.78, 5) is 36.8. The van der Waals surface area contributed by atoms with Gasteiger partial charge in [-0.2, -0.15) is 0 Å². The van der Waals surface area contributed by atoms with Crippen molar-refractivity contribution in [2.45, 2.75) is 32.6 Å². The molecule has 9 heteroatoms. The number of methoxy groups -OCH3 is 1. The van der Waals surface area contributed by atoms with Gasteiger partial charge in [0.1, 0.15) is 5.00 Å². The lowest BCUT2D eigenvalue weighted by Gasteiger charge is -2.12. The van der Waals surface area contributed by atoms with Gasteiger partial charge in [0, 0.05) is 16.5 Å². The fourth-order valence-corrected chi connectivity index (χ4v) is 4.49. The zero-order valence-corrected chi connectivity index (χ0v) is 16.4. The van der Waals surface area contributed by atoms with Crippen LogP contribution in [0.5, 0.6) is 5.75 Å². The minimum atomic E-state index is -0.608. The van der Waals surface area contributed by atoms with Crippen molar-refractivity contribution < 1.29 is 24.0 Å². The number of aryl methyl sites for hydroxylation is 1. The topological polar surface area (TPSA) is 108 Å². The van der Waals surface area contributed by atoms with E-state index in [2.05, 4.69) is 5.32 Å². The predicted octanol–water partition coefficient (Wildman–Crippen LogP) is 3.97. The molecule has 0 saturated carbocycles. The summed E-state index contributed by atoms with van der Waals surface area (Å²) in [7, 11) is 1.32. The Morgan fingerprint density at radius 1 is 1.29 bits per heavy atom. The monoisotopic (exact) mass is 404 g/mol. The molecule has 0 radical (unpaired) electrons. The van der Waals surface area contributed by atoms with E-state index in [1.54, 1.807) is 6.92 Å². The number of rotatable bonds is 6. The normalized spacial score (nSPS) is 12.8. The van der Waals surface area contributed by atoms with E-state index >= 15 is 0 Å². The fourth-order valence-electron chi connectivity index (χ4n) is 3.22. The average Bonchev–Trinajstić information content (AvgIpc) is 3.05. The number of thiophene rings is 1. The van der Waals surface area contributed by atoms with Crippen LogP contribution < -0.4 is 10.1 Å². The van der Waals surface area contributed by atoms with Crippen molar-refractivity contribution in [2.75, 3.05) is 19.0 Å². The molecule has 0 saturated heterocycles. The molecule has 1 amide bonds. The third-order valence-electron chi connectivity index (χ3n) is 4.52. The van der Waals surface area contributed by atoms with Crippen LogP contribution in [0.15, 0.2) is 18.2 Å². The standard InChI is InChI=1S/C19H20N2O6S/c1-3-27-19(23)16-12-6-4-5-7-15(12)28-18(16)20-17(22)11-8-9-14(26-2)13(10-11)21(24)25/h8-10H,3-7H2,1-2H3,(H,20,22). The van der Waals surface area contributed by atoms with Gasteiger partial charge in [0.2, 0.25) is 0 Å². The molecule has 148 valence electrons. The summed E-state index contributed by atoms with van der Waals surface area (Å²) in [5.41, 5.74) is 1.14. The minimum absolute atomic E-state index is 0.0698. The number of nitrogens with one attached hydrogen (secondary N) is 1. The molecule has 0 fully saturated rings. The molecular formula is C19H20N2O6S. The molecule has 1 aromatic heterocycles. The number of amides is 1. The Kier molecular flexibility index (Phi) is 5.93. The van der Waals surface area contributed by atoms with Gasteiger partial charge in [0.15, 0.2) is 5.75 Å². The molecule has 1 heterocycles. The number of esters is 1. The number of carbonyl (C=O) groups is 2. The summed E-state index contributed by atoms with van der Waals surface area (Å²) in [6, 6.07) is 3.98. The summed E-state index contributed by atoms with van der Waals surface area (Å²) >= 11 is 1.37. The molecule has 1 aliphatic rings. The van der Waals surface area contributed by atoms with E-state index in [0.717, 1.165) is 42.2 Å². The second-order valence-corrected chi connectivity index (χ2v) is 7.34. The fraction of sp³-hybridized carbons (Fsp3) is 0.368. The second-order valence-electron chi connectivity index (χ2n) is 6.23. The first kappa shape index (κ1) is 19.8. The zero-order chi connectivity index (χ0) is 20.3. The van der Waals surface area contributed by atoms with Gasteiger partial charge >= 0.3 is 11.7 Å². The summed E-state index contributed by atoms with van der Waals surface area (Å²) in [5, 5.41) is 14.4. The first-order valence-electron chi connectivity index (χ1n) is 8.91. The second kappa shape index (κ2) is 8.39. The highest BCUT2D eigenvalue weighted by atomic mass is 32.1. The molecule has 0 aliphatic heterocycles. The molecule has 8 nitrogen and oxygen atoms in total. The van der Waals surface area contributed by atoms with Gasteiger partial charge in [-0.1, -0.05) is 0 Å². The number of carbonyl (C=O) groups excluding carboxylic acids is 2. The number of anilines is 1. The number of nitro groups is 1. The van der Waals surface area contributed by atoms with Gasteiger partial charge < -0.3 is 14.8 Å². The largest absolute Gasteiger partial charge is 0.490 e. The van der Waals surface area contributed by atoms with Crippen molar-refractivity contribution in [3.8, 4) is 5.75 Å². The molecule has 0 unspecified atom stereocenters. The molecule has 1 aliphatic carbocycles. The number of ether oxygens (including phenoxy) is 2. The molecule has 3 rings (SSSR count). The maximum absolute atomic E-state index is 12.7. The number of fused-ring (bicyclic) bond motifs is 1. The third-order valence-corrected chi connectivity index (χ3v) is 5.72. The molecule has 2 aromatic rings. The van der Waals surface area contributed by atoms with E-state index < -0.39 is 16.8 Å². The van der Waals surface area contributed by atoms with E-state index in [1.807, 2.05) is 0 Å². The van der Waals surface area contributed by atoms with Gasteiger partial charge in [-0.25, -0.2) is 4.79 Å². The Balaban J connectivity index is 1.94. The first-order valence-corrected chi connectivity index (χ1v) is 9.73. The lowest BCUT2D eigenvalue weighted by molar-refractivity contribution is -0.385. The van der Waals surface area contributed by atoms with Gasteiger partial charge in [-0.05, 0) is 50.3 Å². The van der Waals surface area contributed by atoms with Crippen LogP contribution >= 0.6 is 11.3 Å². The molecule has 28 heavy (non-hydrogen) atoms. The van der Waals surface area contributed by atoms with E-state index in [0.29, 0.717) is 10.6 Å². The predicted molar refractivity (Wildman–Crippen MR) is 105 cm³/mol. The number of hydrogen-bond acceptors (Lipinski definition) is 7. The van der Waals surface area contributed by atoms with Gasteiger partial charge in [0.05, 0.1) is 24.2 Å². The number of nitrogens with zero attached hydrogens (tertiary/aromatic N) is 1. The minimum Gasteiger partial charge on any atom is -0.490 e. The smallest absolute Gasteiger partial charge is 0.341 e. The molecule has 1 N–H and O–H groups in total. The Hall–Kier alpha value is -2.94. The molecule has 0 atom stereocenters. The zero-order valence-electron chi connectivity index (χ0n) is 15.6. The Bertz CT molecular complexity index is 937. The molecule has 1 aromatic carbocycles. The molecule has 0 bridgehead atoms. The highest BCUT2D eigenvalue weighted by Gasteiger charge is 2.28. The highest BCUT2D eigenvalue weighted by Crippen LogP contribution is 2.39. The Labute approximate surface area is 165 Å². The van der Waals surface area contributed by atoms with Gasteiger partial charge in [-0.15, -0.1) is 11.3 Å². The van der Waals surface area contributed by atoms with Crippen LogP contribution in [0.1, 0.15) is 50.9 Å². The summed E-state index contributed by atoms with van der Waals surface area (Å²) in [6.07, 6.45) is 3.64. The van der Waals surface area contributed by atoms with E-state index in [9.17, 15) is 19.7 Å². The Morgan fingerprint density at radius 2 is 2.04 bits per heavy atom. The number of nitro benzene ring substituents is 1. The Morgan fingerprint density at radius 3 is 2.71 bits per heavy atom. The van der Waals surface area contributed by atoms with Crippen LogP contribution in [0, 0.1) is 10.1 Å². The van der Waals surface area contributed by atoms with Crippen molar-refractivity contribution >= 4 is 33.9 Å². The van der Waals surface area contributed by atoms with Crippen LogP contribution in [-0.4, -0.2) is 30.5 Å². The first-order chi connectivity index (χ1) is 13.5. The average molecular weight is 404 g/mol. The highest BCUT2D eigenvalue weighted by molar-refractivity contribution is 7.17. The van der Waals surface area contributed by atoms with E-state index in [4.69, 9.17) is 9.47 Å². The summed E-state index contributed by atoms with van der Waals surface area (Å²) in [5.74, 6) is -0.923. The third kappa shape index (κ3) is 3.84. The molecular weight excluding hydrogens is 384 g/mol. The van der Waals surface area contributed by atoms with Gasteiger partial charge in [-0.3, -0.25) is 14.9 Å². The van der Waals surface area contributed by atoms with Crippen molar-refractivity contribution in [1.82, 2.24) is 0 Å². The van der Waals surface area contributed by atoms with Gasteiger partial charge in [0.25, 0.3) is 5.91 Å². The van der Waals surface area contributed by atoms with Crippen molar-refractivity contribution in [3.63, 3.8) is 0 Å². The number of hydrogen-bond donors (Lipinski definition) is 1. The van der Waals surface area contributed by atoms with Crippen LogP contribution in [0.25, 0.3) is 0 Å². The quantitative estimate of drug-likeness (QED) is 0.443. The molecule has 0 spiro atoms. The SMILES string of the molecule is CCOC(=O)c1c(NC(=O)c2ccc(OC)c([N+](=O)[O-])c2)sc2c1CCCC2. The number of benzene rings is 1. The van der Waals surface area contributed by atoms with Crippen molar-refractivity contribution in [3.05, 3.63) is 49.9 Å². The lowest BCUT2D eigenvalue weighted by Crippen LogP contribution is -2.16. The van der Waals surface area contributed by atoms with Crippen molar-refractivity contribution in [1.29, 1.82) is 0 Å². The lowest BCUT2D eigenvalue weighted by atomic mass is 9.95. The van der Waals surface area contributed by atoms with E-state index in [1.165, 1.54) is 30.6 Å².